The summed E-state index contributed by atoms with van der Waals surface area (Å²) in [7, 11) is 0. The van der Waals surface area contributed by atoms with Crippen molar-refractivity contribution in [1.29, 1.82) is 0 Å². The Morgan fingerprint density at radius 3 is 2.58 bits per heavy atom. The lowest BCUT2D eigenvalue weighted by Crippen LogP contribution is -2.35. The average molecular weight is 333 g/mol. The number of hydrogen-bond acceptors (Lipinski definition) is 4. The van der Waals surface area contributed by atoms with Crippen molar-refractivity contribution in [1.82, 2.24) is 10.3 Å². The fourth-order valence-corrected chi connectivity index (χ4v) is 2.41. The number of alkyl halides is 2. The Morgan fingerprint density at radius 2 is 1.96 bits per heavy atom. The summed E-state index contributed by atoms with van der Waals surface area (Å²) in [6, 6.07) is 9.63. The minimum absolute atomic E-state index is 0.412. The molecule has 1 fully saturated rings. The van der Waals surface area contributed by atoms with Crippen LogP contribution in [0.2, 0.25) is 0 Å². The lowest BCUT2D eigenvalue weighted by molar-refractivity contribution is -0.118. The van der Waals surface area contributed by atoms with E-state index < -0.39 is 30.8 Å². The van der Waals surface area contributed by atoms with Gasteiger partial charge in [0.05, 0.1) is 12.6 Å². The summed E-state index contributed by atoms with van der Waals surface area (Å²) in [4.78, 5) is 15.9. The molecule has 0 spiro atoms. The first-order valence-electron chi connectivity index (χ1n) is 7.56. The number of pyridine rings is 1. The van der Waals surface area contributed by atoms with E-state index in [1.54, 1.807) is 36.7 Å². The maximum Gasteiger partial charge on any atom is 0.262 e. The lowest BCUT2D eigenvalue weighted by atomic mass is 10.2. The first-order chi connectivity index (χ1) is 11.5. The van der Waals surface area contributed by atoms with Crippen molar-refractivity contribution >= 4 is 11.6 Å². The number of aromatic nitrogens is 1. The Balaban J connectivity index is 1.52. The number of carbonyl (C=O) groups is 1. The zero-order valence-corrected chi connectivity index (χ0v) is 12.8. The second kappa shape index (κ2) is 6.92. The van der Waals surface area contributed by atoms with Crippen LogP contribution >= 0.6 is 0 Å². The zero-order valence-electron chi connectivity index (χ0n) is 12.8. The SMILES string of the molecule is O=C(Nc1ccc(OCc2ccncc2)cc1)C1CC(F)(F)CN1. The number of carbonyl (C=O) groups excluding carboxylic acids is 1. The molecule has 1 atom stereocenters. The highest BCUT2D eigenvalue weighted by molar-refractivity contribution is 5.95. The summed E-state index contributed by atoms with van der Waals surface area (Å²) in [5.74, 6) is -2.64. The van der Waals surface area contributed by atoms with Gasteiger partial charge < -0.3 is 10.1 Å². The number of nitrogens with one attached hydrogen (secondary N) is 2. The Morgan fingerprint density at radius 1 is 1.25 bits per heavy atom. The van der Waals surface area contributed by atoms with Gasteiger partial charge in [0.2, 0.25) is 5.91 Å². The predicted molar refractivity (Wildman–Crippen MR) is 85.0 cm³/mol. The number of nitrogens with zero attached hydrogens (tertiary/aromatic N) is 1. The van der Waals surface area contributed by atoms with E-state index in [4.69, 9.17) is 4.74 Å². The summed E-state index contributed by atoms with van der Waals surface area (Å²) >= 11 is 0. The van der Waals surface area contributed by atoms with Gasteiger partial charge >= 0.3 is 0 Å². The molecule has 0 bridgehead atoms. The normalized spacial score (nSPS) is 19.0. The largest absolute Gasteiger partial charge is 0.489 e. The summed E-state index contributed by atoms with van der Waals surface area (Å²) in [5, 5.41) is 5.15. The second-order valence-corrected chi connectivity index (χ2v) is 5.65. The fourth-order valence-electron chi connectivity index (χ4n) is 2.41. The lowest BCUT2D eigenvalue weighted by Gasteiger charge is -2.12. The molecule has 1 aliphatic rings. The third kappa shape index (κ3) is 4.26. The van der Waals surface area contributed by atoms with Gasteiger partial charge in [-0.3, -0.25) is 15.1 Å². The Kier molecular flexibility index (Phi) is 4.71. The van der Waals surface area contributed by atoms with E-state index in [9.17, 15) is 13.6 Å². The van der Waals surface area contributed by atoms with Crippen molar-refractivity contribution in [3.63, 3.8) is 0 Å². The van der Waals surface area contributed by atoms with Crippen LogP contribution in [0.15, 0.2) is 48.8 Å². The fraction of sp³-hybridized carbons (Fsp3) is 0.294. The molecule has 0 radical (unpaired) electrons. The van der Waals surface area contributed by atoms with Crippen molar-refractivity contribution in [2.45, 2.75) is 25.0 Å². The number of hydrogen-bond donors (Lipinski definition) is 2. The zero-order chi connectivity index (χ0) is 17.0. The second-order valence-electron chi connectivity index (χ2n) is 5.65. The smallest absolute Gasteiger partial charge is 0.262 e. The molecule has 3 rings (SSSR count). The first kappa shape index (κ1) is 16.3. The molecule has 1 aliphatic heterocycles. The van der Waals surface area contributed by atoms with E-state index in [1.807, 2.05) is 12.1 Å². The van der Waals surface area contributed by atoms with E-state index in [0.29, 0.717) is 18.0 Å². The molecule has 0 aliphatic carbocycles. The monoisotopic (exact) mass is 333 g/mol. The van der Waals surface area contributed by atoms with Gasteiger partial charge in [-0.05, 0) is 42.0 Å². The average Bonchev–Trinajstić information content (AvgIpc) is 2.95. The van der Waals surface area contributed by atoms with Crippen molar-refractivity contribution in [3.05, 3.63) is 54.4 Å². The van der Waals surface area contributed by atoms with Crippen LogP contribution in [0, 0.1) is 0 Å². The quantitative estimate of drug-likeness (QED) is 0.883. The predicted octanol–water partition coefficient (Wildman–Crippen LogP) is 2.60. The molecule has 1 amide bonds. The van der Waals surface area contributed by atoms with Gasteiger partial charge in [-0.25, -0.2) is 8.78 Å². The topological polar surface area (TPSA) is 63.2 Å². The van der Waals surface area contributed by atoms with Crippen molar-refractivity contribution in [2.24, 2.45) is 0 Å². The van der Waals surface area contributed by atoms with Gasteiger partial charge in [0.25, 0.3) is 5.92 Å². The number of rotatable bonds is 5. The Hall–Kier alpha value is -2.54. The third-order valence-electron chi connectivity index (χ3n) is 3.70. The van der Waals surface area contributed by atoms with Crippen molar-refractivity contribution in [3.8, 4) is 5.75 Å². The van der Waals surface area contributed by atoms with E-state index in [1.165, 1.54) is 0 Å². The molecule has 0 saturated carbocycles. The number of ether oxygens (including phenoxy) is 1. The van der Waals surface area contributed by atoms with Crippen LogP contribution in [0.3, 0.4) is 0 Å². The van der Waals surface area contributed by atoms with Crippen LogP contribution < -0.4 is 15.4 Å². The standard InChI is InChI=1S/C17H17F2N3O2/c18-17(19)9-15(21-11-17)16(23)22-13-1-3-14(4-2-13)24-10-12-5-7-20-8-6-12/h1-8,15,21H,9-11H2,(H,22,23). The molecule has 1 aromatic carbocycles. The number of anilines is 1. The highest BCUT2D eigenvalue weighted by Crippen LogP contribution is 2.26. The molecule has 126 valence electrons. The molecule has 24 heavy (non-hydrogen) atoms. The number of halogens is 2. The van der Waals surface area contributed by atoms with Gasteiger partial charge in [-0.1, -0.05) is 0 Å². The molecular weight excluding hydrogens is 316 g/mol. The Labute approximate surface area is 138 Å². The van der Waals surface area contributed by atoms with E-state index in [0.717, 1.165) is 5.56 Å². The minimum atomic E-state index is -2.83. The van der Waals surface area contributed by atoms with E-state index in [2.05, 4.69) is 15.6 Å². The van der Waals surface area contributed by atoms with Crippen LogP contribution in [0.1, 0.15) is 12.0 Å². The molecule has 7 heteroatoms. The summed E-state index contributed by atoms with van der Waals surface area (Å²) in [6.07, 6.45) is 2.90. The number of benzene rings is 1. The van der Waals surface area contributed by atoms with Crippen LogP contribution in [0.4, 0.5) is 14.5 Å². The van der Waals surface area contributed by atoms with E-state index >= 15 is 0 Å². The van der Waals surface area contributed by atoms with Gasteiger partial charge in [0.15, 0.2) is 0 Å². The highest BCUT2D eigenvalue weighted by atomic mass is 19.3. The maximum atomic E-state index is 13.1. The molecule has 1 saturated heterocycles. The molecular formula is C17H17F2N3O2. The van der Waals surface area contributed by atoms with Crippen LogP contribution in [-0.4, -0.2) is 29.4 Å². The molecule has 1 aromatic heterocycles. The van der Waals surface area contributed by atoms with Crippen molar-refractivity contribution < 1.29 is 18.3 Å². The van der Waals surface area contributed by atoms with Gasteiger partial charge in [-0.15, -0.1) is 0 Å². The molecule has 2 heterocycles. The van der Waals surface area contributed by atoms with Crippen LogP contribution in [0.25, 0.3) is 0 Å². The van der Waals surface area contributed by atoms with E-state index in [-0.39, 0.29) is 0 Å². The molecule has 2 aromatic rings. The maximum absolute atomic E-state index is 13.1. The minimum Gasteiger partial charge on any atom is -0.489 e. The molecule has 5 nitrogen and oxygen atoms in total. The van der Waals surface area contributed by atoms with Crippen molar-refractivity contribution in [2.75, 3.05) is 11.9 Å². The van der Waals surface area contributed by atoms with Crippen LogP contribution in [0.5, 0.6) is 5.75 Å². The highest BCUT2D eigenvalue weighted by Gasteiger charge is 2.42. The van der Waals surface area contributed by atoms with Gasteiger partial charge in [0, 0.05) is 24.5 Å². The summed E-state index contributed by atoms with van der Waals surface area (Å²) in [6.45, 7) is -0.0534. The third-order valence-corrected chi connectivity index (χ3v) is 3.70. The summed E-state index contributed by atoms with van der Waals surface area (Å²) < 4.78 is 31.8. The summed E-state index contributed by atoms with van der Waals surface area (Å²) in [5.41, 5.74) is 1.53. The first-order valence-corrected chi connectivity index (χ1v) is 7.56. The van der Waals surface area contributed by atoms with Crippen LogP contribution in [-0.2, 0) is 11.4 Å². The van der Waals surface area contributed by atoms with Gasteiger partial charge in [0.1, 0.15) is 12.4 Å². The Bertz CT molecular complexity index is 693. The van der Waals surface area contributed by atoms with Gasteiger partial charge in [-0.2, -0.15) is 0 Å². The molecule has 2 N–H and O–H groups in total. The number of amides is 1. The molecule has 1 unspecified atom stereocenters.